The maximum atomic E-state index is 13.3. The fraction of sp³-hybridized carbons (Fsp3) is 0.696. The van der Waals surface area contributed by atoms with Crippen molar-refractivity contribution in [2.75, 3.05) is 33.2 Å². The number of carbonyl (C=O) groups excluding carboxylic acids is 1. The Bertz CT molecular complexity index is 665. The Labute approximate surface area is 169 Å². The summed E-state index contributed by atoms with van der Waals surface area (Å²) in [6, 6.07) is 6.54. The molecular weight excluding hydrogens is 353 g/mol. The Kier molecular flexibility index (Phi) is 6.45. The number of carbonyl (C=O) groups is 1. The fourth-order valence-electron chi connectivity index (χ4n) is 4.95. The lowest BCUT2D eigenvalue weighted by atomic mass is 9.76. The zero-order valence-corrected chi connectivity index (χ0v) is 17.9. The maximum Gasteiger partial charge on any atom is 0.237 e. The minimum Gasteiger partial charge on any atom is -0.350 e. The SMILES string of the molecule is CCCN1CC2(CCN(C)CC2)C[C@H]1C(=O)NC(C)(C)Cc1ccc(F)cc1. The molecular formula is C23H36FN3O. The van der Waals surface area contributed by atoms with Crippen LogP contribution in [0, 0.1) is 11.2 Å². The molecule has 0 aliphatic carbocycles. The van der Waals surface area contributed by atoms with Gasteiger partial charge in [0.05, 0.1) is 6.04 Å². The van der Waals surface area contributed by atoms with Crippen molar-refractivity contribution in [1.82, 2.24) is 15.1 Å². The summed E-state index contributed by atoms with van der Waals surface area (Å²) < 4.78 is 13.2. The number of amides is 1. The Morgan fingerprint density at radius 3 is 2.50 bits per heavy atom. The summed E-state index contributed by atoms with van der Waals surface area (Å²) in [6.45, 7) is 10.6. The van der Waals surface area contributed by atoms with Crippen LogP contribution in [0.3, 0.4) is 0 Å². The largest absolute Gasteiger partial charge is 0.350 e. The van der Waals surface area contributed by atoms with Crippen LogP contribution in [0.4, 0.5) is 4.39 Å². The first-order valence-electron chi connectivity index (χ1n) is 10.7. The van der Waals surface area contributed by atoms with Gasteiger partial charge in [0.2, 0.25) is 5.91 Å². The molecule has 1 aromatic rings. The Morgan fingerprint density at radius 2 is 1.89 bits per heavy atom. The number of hydrogen-bond donors (Lipinski definition) is 1. The molecule has 1 amide bonds. The third-order valence-electron chi connectivity index (χ3n) is 6.49. The quantitative estimate of drug-likeness (QED) is 0.809. The van der Waals surface area contributed by atoms with Crippen LogP contribution in [0.2, 0.25) is 0 Å². The summed E-state index contributed by atoms with van der Waals surface area (Å²) in [5.41, 5.74) is 0.968. The molecule has 0 bridgehead atoms. The van der Waals surface area contributed by atoms with E-state index < -0.39 is 0 Å². The molecule has 2 saturated heterocycles. The monoisotopic (exact) mass is 389 g/mol. The van der Waals surface area contributed by atoms with E-state index in [1.165, 1.54) is 25.0 Å². The number of benzene rings is 1. The normalized spacial score (nSPS) is 23.2. The second kappa shape index (κ2) is 8.50. The molecule has 1 atom stereocenters. The molecule has 0 unspecified atom stereocenters. The molecule has 3 rings (SSSR count). The molecule has 0 radical (unpaired) electrons. The van der Waals surface area contributed by atoms with Crippen molar-refractivity contribution in [2.24, 2.45) is 5.41 Å². The molecule has 4 nitrogen and oxygen atoms in total. The zero-order valence-electron chi connectivity index (χ0n) is 17.9. The second-order valence-corrected chi connectivity index (χ2v) is 9.67. The van der Waals surface area contributed by atoms with E-state index in [9.17, 15) is 9.18 Å². The molecule has 1 N–H and O–H groups in total. The highest BCUT2D eigenvalue weighted by molar-refractivity contribution is 5.83. The predicted molar refractivity (Wildman–Crippen MR) is 112 cm³/mol. The third kappa shape index (κ3) is 5.12. The van der Waals surface area contributed by atoms with Crippen LogP contribution in [-0.4, -0.2) is 60.5 Å². The number of nitrogens with zero attached hydrogens (tertiary/aromatic N) is 2. The van der Waals surface area contributed by atoms with E-state index in [-0.39, 0.29) is 23.3 Å². The third-order valence-corrected chi connectivity index (χ3v) is 6.49. The molecule has 1 aromatic carbocycles. The molecule has 5 heteroatoms. The van der Waals surface area contributed by atoms with Gasteiger partial charge < -0.3 is 10.2 Å². The van der Waals surface area contributed by atoms with E-state index in [0.717, 1.165) is 44.6 Å². The number of piperidine rings is 1. The summed E-state index contributed by atoms with van der Waals surface area (Å²) in [7, 11) is 2.19. The van der Waals surface area contributed by atoms with Crippen molar-refractivity contribution in [1.29, 1.82) is 0 Å². The average molecular weight is 390 g/mol. The van der Waals surface area contributed by atoms with Crippen LogP contribution in [0.25, 0.3) is 0 Å². The summed E-state index contributed by atoms with van der Waals surface area (Å²) in [5, 5.41) is 3.30. The van der Waals surface area contributed by atoms with Gasteiger partial charge in [-0.2, -0.15) is 0 Å². The number of hydrogen-bond acceptors (Lipinski definition) is 3. The first kappa shape index (κ1) is 21.3. The Morgan fingerprint density at radius 1 is 1.25 bits per heavy atom. The lowest BCUT2D eigenvalue weighted by Gasteiger charge is -2.37. The van der Waals surface area contributed by atoms with Gasteiger partial charge in [0, 0.05) is 12.1 Å². The van der Waals surface area contributed by atoms with Crippen LogP contribution < -0.4 is 5.32 Å². The first-order valence-corrected chi connectivity index (χ1v) is 10.7. The van der Waals surface area contributed by atoms with Gasteiger partial charge in [0.1, 0.15) is 5.82 Å². The molecule has 28 heavy (non-hydrogen) atoms. The summed E-state index contributed by atoms with van der Waals surface area (Å²) >= 11 is 0. The van der Waals surface area contributed by atoms with E-state index in [2.05, 4.69) is 42.9 Å². The van der Waals surface area contributed by atoms with Crippen molar-refractivity contribution in [3.05, 3.63) is 35.6 Å². The van der Waals surface area contributed by atoms with Crippen molar-refractivity contribution < 1.29 is 9.18 Å². The van der Waals surface area contributed by atoms with E-state index in [1.54, 1.807) is 12.1 Å². The maximum absolute atomic E-state index is 13.3. The number of rotatable bonds is 6. The molecule has 0 aromatic heterocycles. The van der Waals surface area contributed by atoms with Crippen molar-refractivity contribution in [2.45, 2.75) is 64.5 Å². The first-order chi connectivity index (χ1) is 13.2. The van der Waals surface area contributed by atoms with Crippen LogP contribution in [0.5, 0.6) is 0 Å². The second-order valence-electron chi connectivity index (χ2n) is 9.67. The summed E-state index contributed by atoms with van der Waals surface area (Å²) in [5.74, 6) is -0.0773. The van der Waals surface area contributed by atoms with Crippen LogP contribution in [-0.2, 0) is 11.2 Å². The van der Waals surface area contributed by atoms with Crippen molar-refractivity contribution in [3.63, 3.8) is 0 Å². The molecule has 2 fully saturated rings. The van der Waals surface area contributed by atoms with E-state index in [1.807, 2.05) is 0 Å². The minimum absolute atomic E-state index is 0.0316. The van der Waals surface area contributed by atoms with Crippen molar-refractivity contribution in [3.8, 4) is 0 Å². The lowest BCUT2D eigenvalue weighted by Crippen LogP contribution is -2.52. The molecule has 1 spiro atoms. The number of likely N-dealkylation sites (tertiary alicyclic amines) is 2. The lowest BCUT2D eigenvalue weighted by molar-refractivity contribution is -0.127. The van der Waals surface area contributed by atoms with E-state index >= 15 is 0 Å². The zero-order chi connectivity index (χ0) is 20.4. The predicted octanol–water partition coefficient (Wildman–Crippen LogP) is 3.46. The topological polar surface area (TPSA) is 35.6 Å². The highest BCUT2D eigenvalue weighted by Crippen LogP contribution is 2.43. The van der Waals surface area contributed by atoms with Crippen molar-refractivity contribution >= 4 is 5.91 Å². The number of halogens is 1. The smallest absolute Gasteiger partial charge is 0.237 e. The van der Waals surface area contributed by atoms with Gasteiger partial charge in [0.25, 0.3) is 0 Å². The molecule has 156 valence electrons. The van der Waals surface area contributed by atoms with Crippen LogP contribution in [0.1, 0.15) is 52.0 Å². The van der Waals surface area contributed by atoms with Gasteiger partial charge in [-0.25, -0.2) is 4.39 Å². The van der Waals surface area contributed by atoms with E-state index in [0.29, 0.717) is 11.8 Å². The molecule has 2 aliphatic heterocycles. The van der Waals surface area contributed by atoms with Crippen LogP contribution >= 0.6 is 0 Å². The Hall–Kier alpha value is -1.46. The molecule has 2 aliphatic rings. The van der Waals surface area contributed by atoms with Gasteiger partial charge in [-0.05, 0) is 95.7 Å². The Balaban J connectivity index is 1.66. The average Bonchev–Trinajstić information content (AvgIpc) is 2.98. The standard InChI is InChI=1S/C23H36FN3O/c1-5-12-27-17-23(10-13-26(4)14-11-23)16-20(27)21(28)25-22(2,3)15-18-6-8-19(24)9-7-18/h6-9,20H,5,10-17H2,1-4H3,(H,25,28)/t20-/m0/s1. The number of nitrogens with one attached hydrogen (secondary N) is 1. The molecule has 2 heterocycles. The summed E-state index contributed by atoms with van der Waals surface area (Å²) in [6.07, 6.45) is 5.10. The highest BCUT2D eigenvalue weighted by atomic mass is 19.1. The van der Waals surface area contributed by atoms with Gasteiger partial charge in [-0.3, -0.25) is 9.69 Å². The van der Waals surface area contributed by atoms with Gasteiger partial charge >= 0.3 is 0 Å². The van der Waals surface area contributed by atoms with Gasteiger partial charge in [-0.1, -0.05) is 19.1 Å². The fourth-order valence-corrected chi connectivity index (χ4v) is 4.95. The van der Waals surface area contributed by atoms with Crippen LogP contribution in [0.15, 0.2) is 24.3 Å². The minimum atomic E-state index is -0.366. The van der Waals surface area contributed by atoms with Gasteiger partial charge in [0.15, 0.2) is 0 Å². The molecule has 0 saturated carbocycles. The van der Waals surface area contributed by atoms with Gasteiger partial charge in [-0.15, -0.1) is 0 Å². The summed E-state index contributed by atoms with van der Waals surface area (Å²) in [4.78, 5) is 18.1. The van der Waals surface area contributed by atoms with E-state index in [4.69, 9.17) is 0 Å². The highest BCUT2D eigenvalue weighted by Gasteiger charge is 2.47.